The van der Waals surface area contributed by atoms with Crippen molar-refractivity contribution in [3.63, 3.8) is 0 Å². The number of imide groups is 1. The summed E-state index contributed by atoms with van der Waals surface area (Å²) in [5.41, 5.74) is -0.231. The van der Waals surface area contributed by atoms with Gasteiger partial charge in [0.25, 0.3) is 11.8 Å². The quantitative estimate of drug-likeness (QED) is 0.355. The summed E-state index contributed by atoms with van der Waals surface area (Å²) in [5, 5.41) is 0.991. The van der Waals surface area contributed by atoms with Gasteiger partial charge in [0.15, 0.2) is 0 Å². The van der Waals surface area contributed by atoms with Crippen LogP contribution in [0.15, 0.2) is 18.2 Å². The molecule has 2 amide bonds. The van der Waals surface area contributed by atoms with Gasteiger partial charge in [-0.15, -0.1) is 4.28 Å². The van der Waals surface area contributed by atoms with Crippen molar-refractivity contribution < 1.29 is 32.2 Å². The molecule has 1 aromatic carbocycles. The molecule has 1 aliphatic heterocycles. The average Bonchev–Trinajstić information content (AvgIpc) is 2.69. The third-order valence-corrected chi connectivity index (χ3v) is 3.55. The van der Waals surface area contributed by atoms with Gasteiger partial charge in [0.1, 0.15) is 12.1 Å². The van der Waals surface area contributed by atoms with Crippen molar-refractivity contribution in [2.45, 2.75) is 26.4 Å². The van der Waals surface area contributed by atoms with Crippen LogP contribution < -0.4 is 5.06 Å². The van der Waals surface area contributed by atoms with E-state index in [0.29, 0.717) is 5.69 Å². The van der Waals surface area contributed by atoms with Gasteiger partial charge in [0, 0.05) is 7.05 Å². The van der Waals surface area contributed by atoms with Crippen molar-refractivity contribution in [1.29, 1.82) is 0 Å². The van der Waals surface area contributed by atoms with Gasteiger partial charge >= 0.3 is 17.3 Å². The zero-order valence-corrected chi connectivity index (χ0v) is 15.0. The molecule has 25 heavy (non-hydrogen) atoms. The molecule has 1 aliphatic rings. The van der Waals surface area contributed by atoms with Gasteiger partial charge in [-0.3, -0.25) is 23.8 Å². The maximum absolute atomic E-state index is 12.4. The number of hydroxylamine groups is 1. The van der Waals surface area contributed by atoms with Crippen LogP contribution in [0.25, 0.3) is 0 Å². The molecule has 10 heteroatoms. The van der Waals surface area contributed by atoms with E-state index < -0.39 is 41.3 Å². The van der Waals surface area contributed by atoms with Gasteiger partial charge < -0.3 is 4.74 Å². The Kier molecular flexibility index (Phi) is 5.26. The lowest BCUT2D eigenvalue weighted by Crippen LogP contribution is -2.38. The number of ether oxygens (including phenoxy) is 1. The predicted octanol–water partition coefficient (Wildman–Crippen LogP) is 1.13. The lowest BCUT2D eigenvalue weighted by atomic mass is 10.1. The van der Waals surface area contributed by atoms with Crippen molar-refractivity contribution in [1.82, 2.24) is 4.90 Å². The second-order valence-electron chi connectivity index (χ2n) is 6.30. The highest BCUT2D eigenvalue weighted by atomic mass is 32.2. The maximum Gasteiger partial charge on any atom is 0.326 e. The number of hydrogen-bond donors (Lipinski definition) is 1. The van der Waals surface area contributed by atoms with Crippen LogP contribution in [0, 0.1) is 0 Å². The largest absolute Gasteiger partial charge is 0.459 e. The van der Waals surface area contributed by atoms with Crippen LogP contribution in [-0.4, -0.2) is 50.6 Å². The van der Waals surface area contributed by atoms with Crippen LogP contribution in [0.1, 0.15) is 41.5 Å². The van der Waals surface area contributed by atoms with Crippen LogP contribution >= 0.6 is 0 Å². The number of hydrogen-bond acceptors (Lipinski definition) is 7. The minimum Gasteiger partial charge on any atom is -0.459 e. The topological polar surface area (TPSA) is 113 Å². The summed E-state index contributed by atoms with van der Waals surface area (Å²) in [5.74, 6) is -1.95. The number of rotatable bonds is 5. The van der Waals surface area contributed by atoms with Gasteiger partial charge in [-0.25, -0.2) is 5.06 Å². The zero-order chi connectivity index (χ0) is 18.9. The molecule has 0 saturated heterocycles. The van der Waals surface area contributed by atoms with E-state index in [9.17, 15) is 18.6 Å². The summed E-state index contributed by atoms with van der Waals surface area (Å²) < 4.78 is 29.1. The van der Waals surface area contributed by atoms with E-state index >= 15 is 0 Å². The molecule has 0 aromatic heterocycles. The van der Waals surface area contributed by atoms with E-state index in [0.717, 1.165) is 9.96 Å². The smallest absolute Gasteiger partial charge is 0.326 e. The highest BCUT2D eigenvalue weighted by Gasteiger charge is 2.38. The number of carbonyl (C=O) groups is 3. The number of esters is 1. The SMILES string of the molecule is CN(OS(=O)O)c1ccc2c(c1)C(=O)N(CC(=O)OC(C)(C)C)C2=O. The Bertz CT molecular complexity index is 757. The minimum atomic E-state index is -2.53. The zero-order valence-electron chi connectivity index (χ0n) is 14.1. The highest BCUT2D eigenvalue weighted by Crippen LogP contribution is 2.27. The molecule has 9 nitrogen and oxygen atoms in total. The molecule has 2 rings (SSSR count). The highest BCUT2D eigenvalue weighted by molar-refractivity contribution is 7.74. The van der Waals surface area contributed by atoms with Crippen molar-refractivity contribution in [3.05, 3.63) is 29.3 Å². The van der Waals surface area contributed by atoms with E-state index in [4.69, 9.17) is 9.29 Å². The van der Waals surface area contributed by atoms with Crippen LogP contribution in [0.5, 0.6) is 0 Å². The second-order valence-corrected chi connectivity index (χ2v) is 6.89. The van der Waals surface area contributed by atoms with Gasteiger partial charge in [-0.05, 0) is 39.0 Å². The third-order valence-electron chi connectivity index (χ3n) is 3.20. The van der Waals surface area contributed by atoms with Crippen LogP contribution in [0.4, 0.5) is 5.69 Å². The van der Waals surface area contributed by atoms with Gasteiger partial charge in [0.2, 0.25) is 0 Å². The molecule has 0 spiro atoms. The standard InChI is InChI=1S/C15H18N2O7S/c1-15(2,3)23-12(18)8-17-13(19)10-6-5-9(7-11(10)14(17)20)16(4)24-25(21)22/h5-7H,8H2,1-4H3,(H,21,22). The minimum absolute atomic E-state index is 0.0743. The first-order chi connectivity index (χ1) is 11.5. The van der Waals surface area contributed by atoms with E-state index in [-0.39, 0.29) is 11.1 Å². The molecule has 1 N–H and O–H groups in total. The Morgan fingerprint density at radius 2 is 1.84 bits per heavy atom. The summed E-state index contributed by atoms with van der Waals surface area (Å²) >= 11 is -2.53. The summed E-state index contributed by atoms with van der Waals surface area (Å²) in [4.78, 5) is 37.5. The van der Waals surface area contributed by atoms with Crippen LogP contribution in [-0.2, 0) is 25.2 Å². The molecular formula is C15H18N2O7S. The van der Waals surface area contributed by atoms with E-state index in [1.165, 1.54) is 25.2 Å². The number of anilines is 1. The van der Waals surface area contributed by atoms with Crippen LogP contribution in [0.2, 0.25) is 0 Å². The molecule has 0 aliphatic carbocycles. The number of fused-ring (bicyclic) bond motifs is 1. The molecule has 1 aromatic rings. The molecule has 0 fully saturated rings. The summed E-state index contributed by atoms with van der Waals surface area (Å²) in [6, 6.07) is 4.19. The lowest BCUT2D eigenvalue weighted by molar-refractivity contribution is -0.155. The summed E-state index contributed by atoms with van der Waals surface area (Å²) in [7, 11) is 1.37. The Morgan fingerprint density at radius 1 is 1.24 bits per heavy atom. The molecule has 1 unspecified atom stereocenters. The molecule has 0 bridgehead atoms. The molecule has 0 saturated carbocycles. The van der Waals surface area contributed by atoms with Gasteiger partial charge in [0.05, 0.1) is 16.8 Å². The number of nitrogens with zero attached hydrogens (tertiary/aromatic N) is 2. The fourth-order valence-corrected chi connectivity index (χ4v) is 2.54. The third kappa shape index (κ3) is 4.41. The fraction of sp³-hybridized carbons (Fsp3) is 0.400. The first kappa shape index (κ1) is 19.0. The Hall–Kier alpha value is -2.30. The van der Waals surface area contributed by atoms with Crippen molar-refractivity contribution in [2.24, 2.45) is 0 Å². The Morgan fingerprint density at radius 3 is 2.40 bits per heavy atom. The average molecular weight is 370 g/mol. The lowest BCUT2D eigenvalue weighted by Gasteiger charge is -2.21. The van der Waals surface area contributed by atoms with E-state index in [1.807, 2.05) is 0 Å². The Labute approximate surface area is 146 Å². The van der Waals surface area contributed by atoms with Crippen molar-refractivity contribution in [2.75, 3.05) is 18.7 Å². The molecule has 1 heterocycles. The number of benzene rings is 1. The maximum atomic E-state index is 12.4. The molecular weight excluding hydrogens is 352 g/mol. The summed E-state index contributed by atoms with van der Waals surface area (Å²) in [6.07, 6.45) is 0. The first-order valence-corrected chi connectivity index (χ1v) is 8.28. The molecule has 0 radical (unpaired) electrons. The fourth-order valence-electron chi connectivity index (χ4n) is 2.26. The second kappa shape index (κ2) is 6.90. The number of carbonyl (C=O) groups excluding carboxylic acids is 3. The summed E-state index contributed by atoms with van der Waals surface area (Å²) in [6.45, 7) is 4.55. The van der Waals surface area contributed by atoms with Gasteiger partial charge in [-0.2, -0.15) is 4.21 Å². The molecule has 136 valence electrons. The first-order valence-electron chi connectivity index (χ1n) is 7.24. The van der Waals surface area contributed by atoms with Gasteiger partial charge in [-0.1, -0.05) is 0 Å². The van der Waals surface area contributed by atoms with E-state index in [2.05, 4.69) is 4.28 Å². The van der Waals surface area contributed by atoms with Crippen LogP contribution in [0.3, 0.4) is 0 Å². The predicted molar refractivity (Wildman–Crippen MR) is 87.9 cm³/mol. The molecule has 1 atom stereocenters. The Balaban J connectivity index is 2.21. The van der Waals surface area contributed by atoms with Crippen molar-refractivity contribution in [3.8, 4) is 0 Å². The monoisotopic (exact) mass is 370 g/mol. The van der Waals surface area contributed by atoms with E-state index in [1.54, 1.807) is 20.8 Å². The number of amides is 2. The van der Waals surface area contributed by atoms with Crippen molar-refractivity contribution >= 4 is 34.8 Å². The normalized spacial score (nSPS) is 15.2.